The van der Waals surface area contributed by atoms with Gasteiger partial charge >= 0.3 is 6.03 Å². The Morgan fingerprint density at radius 3 is 2.31 bits per heavy atom. The number of ether oxygens (including phenoxy) is 2. The summed E-state index contributed by atoms with van der Waals surface area (Å²) in [6.07, 6.45) is 0.890. The van der Waals surface area contributed by atoms with Crippen molar-refractivity contribution in [3.05, 3.63) is 89.3 Å². The van der Waals surface area contributed by atoms with Crippen LogP contribution in [0.3, 0.4) is 0 Å². The topological polar surface area (TPSA) is 72.5 Å². The van der Waals surface area contributed by atoms with E-state index in [9.17, 15) is 4.79 Å². The molecule has 0 saturated carbocycles. The number of rotatable bonds is 7. The molecule has 6 nitrogen and oxygen atoms in total. The van der Waals surface area contributed by atoms with Gasteiger partial charge in [0.2, 0.25) is 0 Å². The molecule has 0 spiro atoms. The first-order valence-corrected chi connectivity index (χ1v) is 10.9. The molecule has 0 unspecified atom stereocenters. The minimum Gasteiger partial charge on any atom is -0.493 e. The van der Waals surface area contributed by atoms with Crippen LogP contribution < -0.4 is 20.1 Å². The number of aromatic nitrogens is 1. The van der Waals surface area contributed by atoms with Gasteiger partial charge in [-0.3, -0.25) is 5.32 Å². The monoisotopic (exact) mass is 445 g/mol. The largest absolute Gasteiger partial charge is 0.493 e. The minimum absolute atomic E-state index is 0.378. The molecule has 4 rings (SSSR count). The lowest BCUT2D eigenvalue weighted by Crippen LogP contribution is -2.19. The molecule has 0 aliphatic carbocycles. The van der Waals surface area contributed by atoms with Gasteiger partial charge in [-0.25, -0.2) is 9.78 Å². The second-order valence-corrected chi connectivity index (χ2v) is 7.90. The molecule has 0 radical (unpaired) electrons. The Balaban J connectivity index is 1.38. The van der Waals surface area contributed by atoms with Gasteiger partial charge in [-0.15, -0.1) is 11.3 Å². The van der Waals surface area contributed by atoms with Gasteiger partial charge < -0.3 is 14.8 Å². The van der Waals surface area contributed by atoms with Gasteiger partial charge in [0.15, 0.2) is 16.6 Å². The predicted molar refractivity (Wildman–Crippen MR) is 129 cm³/mol. The lowest BCUT2D eigenvalue weighted by Gasteiger charge is -2.10. The highest BCUT2D eigenvalue weighted by Gasteiger charge is 2.10. The predicted octanol–water partition coefficient (Wildman–Crippen LogP) is 6.06. The molecule has 7 heteroatoms. The number of thiazole rings is 1. The molecule has 162 valence electrons. The van der Waals surface area contributed by atoms with Crippen LogP contribution in [-0.4, -0.2) is 25.2 Å². The smallest absolute Gasteiger partial charge is 0.325 e. The van der Waals surface area contributed by atoms with Gasteiger partial charge in [-0.2, -0.15) is 0 Å². The van der Waals surface area contributed by atoms with Gasteiger partial charge in [0, 0.05) is 22.7 Å². The summed E-state index contributed by atoms with van der Waals surface area (Å²) in [5, 5.41) is 8.00. The molecule has 3 aromatic carbocycles. The van der Waals surface area contributed by atoms with Gasteiger partial charge in [0.1, 0.15) is 0 Å². The fourth-order valence-corrected chi connectivity index (χ4v) is 3.98. The molecule has 0 fully saturated rings. The summed E-state index contributed by atoms with van der Waals surface area (Å²) >= 11 is 1.38. The summed E-state index contributed by atoms with van der Waals surface area (Å²) in [4.78, 5) is 16.9. The van der Waals surface area contributed by atoms with Crippen LogP contribution >= 0.6 is 11.3 Å². The number of nitrogens with one attached hydrogen (secondary N) is 2. The molecular weight excluding hydrogens is 422 g/mol. The number of methoxy groups -OCH3 is 2. The Kier molecular flexibility index (Phi) is 6.67. The van der Waals surface area contributed by atoms with E-state index < -0.39 is 0 Å². The zero-order valence-electron chi connectivity index (χ0n) is 17.8. The van der Waals surface area contributed by atoms with Crippen molar-refractivity contribution in [2.75, 3.05) is 24.9 Å². The van der Waals surface area contributed by atoms with E-state index in [2.05, 4.69) is 64.1 Å². The highest BCUT2D eigenvalue weighted by molar-refractivity contribution is 7.14. The van der Waals surface area contributed by atoms with Gasteiger partial charge in [0.05, 0.1) is 19.9 Å². The molecule has 0 saturated heterocycles. The molecule has 2 N–H and O–H groups in total. The van der Waals surface area contributed by atoms with Crippen LogP contribution in [0.2, 0.25) is 0 Å². The molecule has 1 heterocycles. The zero-order valence-corrected chi connectivity index (χ0v) is 18.6. The van der Waals surface area contributed by atoms with E-state index in [0.29, 0.717) is 22.3 Å². The molecule has 1 aromatic heterocycles. The highest BCUT2D eigenvalue weighted by Crippen LogP contribution is 2.30. The second-order valence-electron chi connectivity index (χ2n) is 7.05. The Hall–Kier alpha value is -3.84. The van der Waals surface area contributed by atoms with Crippen LogP contribution in [0, 0.1) is 0 Å². The van der Waals surface area contributed by atoms with Gasteiger partial charge in [-0.05, 0) is 29.7 Å². The second kappa shape index (κ2) is 9.98. The SMILES string of the molecule is COc1ccc(NC(=O)Nc2nc(-c3ccc(Cc4ccccc4)cc3)cs2)cc1OC. The lowest BCUT2D eigenvalue weighted by atomic mass is 10.0. The molecule has 4 aromatic rings. The van der Waals surface area contributed by atoms with E-state index in [1.165, 1.54) is 22.5 Å². The first-order valence-electron chi connectivity index (χ1n) is 10.0. The molecule has 32 heavy (non-hydrogen) atoms. The molecule has 0 aliphatic rings. The number of carbonyl (C=O) groups is 1. The molecular formula is C25H23N3O3S. The average Bonchev–Trinajstić information content (AvgIpc) is 3.28. The third-order valence-corrected chi connectivity index (χ3v) is 5.62. The summed E-state index contributed by atoms with van der Waals surface area (Å²) in [6, 6.07) is 23.5. The van der Waals surface area contributed by atoms with Crippen LogP contribution in [0.1, 0.15) is 11.1 Å². The van der Waals surface area contributed by atoms with E-state index >= 15 is 0 Å². The number of benzene rings is 3. The quantitative estimate of drug-likeness (QED) is 0.363. The maximum absolute atomic E-state index is 12.4. The first-order chi connectivity index (χ1) is 15.6. The van der Waals surface area contributed by atoms with Crippen molar-refractivity contribution in [2.24, 2.45) is 0 Å². The van der Waals surface area contributed by atoms with E-state index in [1.807, 2.05) is 11.4 Å². The Morgan fingerprint density at radius 1 is 0.875 bits per heavy atom. The van der Waals surface area contributed by atoms with Crippen molar-refractivity contribution in [1.29, 1.82) is 0 Å². The summed E-state index contributed by atoms with van der Waals surface area (Å²) < 4.78 is 10.5. The molecule has 0 atom stereocenters. The standard InChI is InChI=1S/C25H23N3O3S/c1-30-22-13-12-20(15-23(22)31-2)26-24(29)28-25-27-21(16-32-25)19-10-8-18(9-11-19)14-17-6-4-3-5-7-17/h3-13,15-16H,14H2,1-2H3,(H2,26,27,28,29). The number of nitrogens with zero attached hydrogens (tertiary/aromatic N) is 1. The summed E-state index contributed by atoms with van der Waals surface area (Å²) in [7, 11) is 3.11. The van der Waals surface area contributed by atoms with Crippen LogP contribution in [0.15, 0.2) is 78.2 Å². The van der Waals surface area contributed by atoms with Crippen molar-refractivity contribution in [3.8, 4) is 22.8 Å². The third-order valence-electron chi connectivity index (χ3n) is 4.87. The summed E-state index contributed by atoms with van der Waals surface area (Å²) in [5.41, 5.74) is 4.93. The number of amides is 2. The number of anilines is 2. The minimum atomic E-state index is -0.378. The van der Waals surface area contributed by atoms with Crippen LogP contribution in [0.25, 0.3) is 11.3 Å². The van der Waals surface area contributed by atoms with E-state index in [1.54, 1.807) is 32.4 Å². The van der Waals surface area contributed by atoms with Crippen molar-refractivity contribution in [3.63, 3.8) is 0 Å². The van der Waals surface area contributed by atoms with Crippen molar-refractivity contribution >= 4 is 28.2 Å². The average molecular weight is 446 g/mol. The number of hydrogen-bond acceptors (Lipinski definition) is 5. The number of carbonyl (C=O) groups excluding carboxylic acids is 1. The maximum Gasteiger partial charge on any atom is 0.325 e. The lowest BCUT2D eigenvalue weighted by molar-refractivity contribution is 0.262. The van der Waals surface area contributed by atoms with E-state index in [-0.39, 0.29) is 6.03 Å². The molecule has 0 bridgehead atoms. The first kappa shape index (κ1) is 21.4. The third kappa shape index (κ3) is 5.25. The fraction of sp³-hybridized carbons (Fsp3) is 0.120. The highest BCUT2D eigenvalue weighted by atomic mass is 32.1. The number of hydrogen-bond donors (Lipinski definition) is 2. The van der Waals surface area contributed by atoms with Gasteiger partial charge in [0.25, 0.3) is 0 Å². The van der Waals surface area contributed by atoms with Crippen molar-refractivity contribution in [1.82, 2.24) is 4.98 Å². The molecule has 0 aliphatic heterocycles. The molecule has 2 amide bonds. The Labute approximate surface area is 190 Å². The zero-order chi connectivity index (χ0) is 22.3. The van der Waals surface area contributed by atoms with Crippen molar-refractivity contribution in [2.45, 2.75) is 6.42 Å². The van der Waals surface area contributed by atoms with E-state index in [4.69, 9.17) is 9.47 Å². The fourth-order valence-electron chi connectivity index (χ4n) is 3.26. The Bertz CT molecular complexity index is 1190. The summed E-state index contributed by atoms with van der Waals surface area (Å²) in [6.45, 7) is 0. The van der Waals surface area contributed by atoms with E-state index in [0.717, 1.165) is 17.7 Å². The number of urea groups is 1. The van der Waals surface area contributed by atoms with Crippen molar-refractivity contribution < 1.29 is 14.3 Å². The Morgan fingerprint density at radius 2 is 1.59 bits per heavy atom. The van der Waals surface area contributed by atoms with Crippen LogP contribution in [0.5, 0.6) is 11.5 Å². The normalized spacial score (nSPS) is 10.4. The van der Waals surface area contributed by atoms with Crippen LogP contribution in [-0.2, 0) is 6.42 Å². The maximum atomic E-state index is 12.4. The van der Waals surface area contributed by atoms with Gasteiger partial charge in [-0.1, -0.05) is 54.6 Å². The summed E-state index contributed by atoms with van der Waals surface area (Å²) in [5.74, 6) is 1.13. The van der Waals surface area contributed by atoms with Crippen LogP contribution in [0.4, 0.5) is 15.6 Å².